The Bertz CT molecular complexity index is 1230. The van der Waals surface area contributed by atoms with Crippen LogP contribution in [0.15, 0.2) is 77.7 Å². The number of hydrogen-bond acceptors (Lipinski definition) is 6. The van der Waals surface area contributed by atoms with Crippen molar-refractivity contribution in [2.24, 2.45) is 5.14 Å². The number of rotatable bonds is 9. The van der Waals surface area contributed by atoms with E-state index >= 15 is 0 Å². The fourth-order valence-electron chi connectivity index (χ4n) is 2.98. The van der Waals surface area contributed by atoms with E-state index in [1.54, 1.807) is 60.7 Å². The lowest BCUT2D eigenvalue weighted by Gasteiger charge is -2.10. The zero-order valence-electron chi connectivity index (χ0n) is 17.7. The SMILES string of the molecule is Nc1ccccc1NC(=O)c1ccc(NCC(=O)NCCc2ccc(S(N)(=O)=O)cc2)cc1. The summed E-state index contributed by atoms with van der Waals surface area (Å²) in [6.45, 7) is 0.466. The maximum Gasteiger partial charge on any atom is 0.255 e. The number of hydrogen-bond donors (Lipinski definition) is 5. The number of anilines is 3. The number of primary sulfonamides is 1. The van der Waals surface area contributed by atoms with Crippen molar-refractivity contribution >= 4 is 38.9 Å². The second-order valence-electron chi connectivity index (χ2n) is 7.26. The van der Waals surface area contributed by atoms with E-state index in [9.17, 15) is 18.0 Å². The number of nitrogens with one attached hydrogen (secondary N) is 3. The summed E-state index contributed by atoms with van der Waals surface area (Å²) in [6.07, 6.45) is 0.548. The third kappa shape index (κ3) is 7.06. The van der Waals surface area contributed by atoms with E-state index in [0.29, 0.717) is 35.6 Å². The number of benzene rings is 3. The van der Waals surface area contributed by atoms with Gasteiger partial charge in [-0.2, -0.15) is 0 Å². The number of carbonyl (C=O) groups excluding carboxylic acids is 2. The van der Waals surface area contributed by atoms with Crippen LogP contribution in [0.3, 0.4) is 0 Å². The van der Waals surface area contributed by atoms with E-state index in [2.05, 4.69) is 16.0 Å². The summed E-state index contributed by atoms with van der Waals surface area (Å²) < 4.78 is 22.5. The Balaban J connectivity index is 1.42. The number of nitrogens with two attached hydrogens (primary N) is 2. The zero-order valence-corrected chi connectivity index (χ0v) is 18.6. The van der Waals surface area contributed by atoms with Gasteiger partial charge < -0.3 is 21.7 Å². The molecule has 3 aromatic carbocycles. The summed E-state index contributed by atoms with van der Waals surface area (Å²) in [5.41, 5.74) is 8.89. The number of sulfonamides is 1. The predicted octanol–water partition coefficient (Wildman–Crippen LogP) is 1.94. The van der Waals surface area contributed by atoms with Gasteiger partial charge in [0.15, 0.2) is 0 Å². The first-order valence-electron chi connectivity index (χ1n) is 10.1. The molecule has 10 heteroatoms. The summed E-state index contributed by atoms with van der Waals surface area (Å²) in [5.74, 6) is -0.480. The molecule has 0 aromatic heterocycles. The highest BCUT2D eigenvalue weighted by molar-refractivity contribution is 7.89. The Hall–Kier alpha value is -3.89. The first-order chi connectivity index (χ1) is 15.7. The maximum atomic E-state index is 12.4. The normalized spacial score (nSPS) is 10.9. The summed E-state index contributed by atoms with van der Waals surface area (Å²) in [5, 5.41) is 13.6. The summed E-state index contributed by atoms with van der Waals surface area (Å²) >= 11 is 0. The smallest absolute Gasteiger partial charge is 0.255 e. The van der Waals surface area contributed by atoms with E-state index in [4.69, 9.17) is 10.9 Å². The first-order valence-corrected chi connectivity index (χ1v) is 11.7. The summed E-state index contributed by atoms with van der Waals surface area (Å²) in [7, 11) is -3.72. The molecule has 2 amide bonds. The van der Waals surface area contributed by atoms with Crippen molar-refractivity contribution in [1.82, 2.24) is 5.32 Å². The first kappa shape index (κ1) is 23.8. The Morgan fingerprint density at radius 1 is 0.879 bits per heavy atom. The van der Waals surface area contributed by atoms with Crippen LogP contribution < -0.4 is 26.8 Å². The molecule has 0 fully saturated rings. The van der Waals surface area contributed by atoms with Gasteiger partial charge in [0, 0.05) is 17.8 Å². The third-order valence-electron chi connectivity index (χ3n) is 4.80. The molecule has 0 saturated heterocycles. The lowest BCUT2D eigenvalue weighted by molar-refractivity contribution is -0.119. The molecule has 0 saturated carbocycles. The van der Waals surface area contributed by atoms with E-state index in [1.165, 1.54) is 12.1 Å². The molecule has 0 spiro atoms. The molecule has 0 bridgehead atoms. The van der Waals surface area contributed by atoms with Crippen LogP contribution in [0.5, 0.6) is 0 Å². The van der Waals surface area contributed by atoms with E-state index in [0.717, 1.165) is 5.56 Å². The molecular formula is C23H25N5O4S. The van der Waals surface area contributed by atoms with Gasteiger partial charge in [0.25, 0.3) is 5.91 Å². The lowest BCUT2D eigenvalue weighted by atomic mass is 10.1. The Kier molecular flexibility index (Phi) is 7.65. The van der Waals surface area contributed by atoms with Crippen molar-refractivity contribution < 1.29 is 18.0 Å². The van der Waals surface area contributed by atoms with Crippen LogP contribution in [0.4, 0.5) is 17.1 Å². The van der Waals surface area contributed by atoms with Crippen molar-refractivity contribution in [1.29, 1.82) is 0 Å². The highest BCUT2D eigenvalue weighted by atomic mass is 32.2. The Morgan fingerprint density at radius 2 is 1.55 bits per heavy atom. The highest BCUT2D eigenvalue weighted by Crippen LogP contribution is 2.18. The van der Waals surface area contributed by atoms with Crippen LogP contribution in [0.1, 0.15) is 15.9 Å². The van der Waals surface area contributed by atoms with Gasteiger partial charge in [0.05, 0.1) is 22.8 Å². The molecule has 7 N–H and O–H groups in total. The van der Waals surface area contributed by atoms with Crippen molar-refractivity contribution in [2.45, 2.75) is 11.3 Å². The minimum absolute atomic E-state index is 0.0483. The largest absolute Gasteiger partial charge is 0.397 e. The standard InChI is InChI=1S/C23H25N5O4S/c24-20-3-1-2-4-21(20)28-23(30)17-7-9-18(10-8-17)27-15-22(29)26-14-13-16-5-11-19(12-6-16)33(25,31)32/h1-12,27H,13-15,24H2,(H,26,29)(H,28,30)(H2,25,31,32). The van der Waals surface area contributed by atoms with Gasteiger partial charge >= 0.3 is 0 Å². The lowest BCUT2D eigenvalue weighted by Crippen LogP contribution is -2.31. The molecule has 3 aromatic rings. The molecule has 0 atom stereocenters. The van der Waals surface area contributed by atoms with Crippen molar-refractivity contribution in [3.63, 3.8) is 0 Å². The van der Waals surface area contributed by atoms with Gasteiger partial charge in [-0.1, -0.05) is 24.3 Å². The van der Waals surface area contributed by atoms with Gasteiger partial charge in [-0.15, -0.1) is 0 Å². The molecule has 0 heterocycles. The minimum Gasteiger partial charge on any atom is -0.397 e. The average molecular weight is 468 g/mol. The van der Waals surface area contributed by atoms with Crippen LogP contribution >= 0.6 is 0 Å². The van der Waals surface area contributed by atoms with Crippen LogP contribution in [0.25, 0.3) is 0 Å². The highest BCUT2D eigenvalue weighted by Gasteiger charge is 2.09. The summed E-state index contributed by atoms with van der Waals surface area (Å²) in [4.78, 5) is 24.5. The molecule has 3 rings (SSSR count). The zero-order chi connectivity index (χ0) is 23.8. The number of nitrogen functional groups attached to an aromatic ring is 1. The van der Waals surface area contributed by atoms with Gasteiger partial charge in [-0.25, -0.2) is 13.6 Å². The van der Waals surface area contributed by atoms with E-state index in [1.807, 2.05) is 0 Å². The molecule has 0 aliphatic rings. The number of carbonyl (C=O) groups is 2. The maximum absolute atomic E-state index is 12.4. The third-order valence-corrected chi connectivity index (χ3v) is 5.73. The molecule has 0 radical (unpaired) electrons. The molecule has 9 nitrogen and oxygen atoms in total. The van der Waals surface area contributed by atoms with Gasteiger partial charge in [0.2, 0.25) is 15.9 Å². The average Bonchev–Trinajstić information content (AvgIpc) is 2.79. The summed E-state index contributed by atoms with van der Waals surface area (Å²) in [6, 6.07) is 19.9. The van der Waals surface area contributed by atoms with Crippen LogP contribution in [-0.4, -0.2) is 33.3 Å². The Labute approximate surface area is 192 Å². The molecular weight excluding hydrogens is 442 g/mol. The van der Waals surface area contributed by atoms with Gasteiger partial charge in [0.1, 0.15) is 0 Å². The van der Waals surface area contributed by atoms with Crippen LogP contribution in [-0.2, 0) is 21.2 Å². The second-order valence-corrected chi connectivity index (χ2v) is 8.82. The molecule has 33 heavy (non-hydrogen) atoms. The van der Waals surface area contributed by atoms with Crippen LogP contribution in [0.2, 0.25) is 0 Å². The Morgan fingerprint density at radius 3 is 2.18 bits per heavy atom. The number of amides is 2. The minimum atomic E-state index is -3.72. The second kappa shape index (κ2) is 10.6. The fraction of sp³-hybridized carbons (Fsp3) is 0.130. The van der Waals surface area contributed by atoms with E-state index in [-0.39, 0.29) is 23.3 Å². The topological polar surface area (TPSA) is 156 Å². The molecule has 172 valence electrons. The van der Waals surface area contributed by atoms with Crippen molar-refractivity contribution in [3.8, 4) is 0 Å². The molecule has 0 unspecified atom stereocenters. The molecule has 0 aliphatic carbocycles. The fourth-order valence-corrected chi connectivity index (χ4v) is 3.50. The monoisotopic (exact) mass is 467 g/mol. The van der Waals surface area contributed by atoms with Crippen LogP contribution in [0, 0.1) is 0 Å². The molecule has 0 aliphatic heterocycles. The van der Waals surface area contributed by atoms with E-state index < -0.39 is 10.0 Å². The predicted molar refractivity (Wildman–Crippen MR) is 128 cm³/mol. The number of para-hydroxylation sites is 2. The van der Waals surface area contributed by atoms with Gasteiger partial charge in [-0.3, -0.25) is 9.59 Å². The van der Waals surface area contributed by atoms with Gasteiger partial charge in [-0.05, 0) is 60.5 Å². The van der Waals surface area contributed by atoms with Crippen molar-refractivity contribution in [2.75, 3.05) is 29.5 Å². The quantitative estimate of drug-likeness (QED) is 0.303. The van der Waals surface area contributed by atoms with Crippen molar-refractivity contribution in [3.05, 3.63) is 83.9 Å².